The first-order chi connectivity index (χ1) is 15.4. The number of rotatable bonds is 5. The molecule has 0 aliphatic carbocycles. The van der Waals surface area contributed by atoms with Crippen molar-refractivity contribution in [2.24, 2.45) is 0 Å². The van der Waals surface area contributed by atoms with Crippen molar-refractivity contribution in [3.05, 3.63) is 53.6 Å². The predicted octanol–water partition coefficient (Wildman–Crippen LogP) is 3.23. The fourth-order valence-corrected chi connectivity index (χ4v) is 5.55. The van der Waals surface area contributed by atoms with Crippen LogP contribution in [0, 0.1) is 11.6 Å². The minimum Gasteiger partial charge on any atom is -0.378 e. The van der Waals surface area contributed by atoms with Crippen molar-refractivity contribution in [3.8, 4) is 0 Å². The summed E-state index contributed by atoms with van der Waals surface area (Å²) < 4.78 is 61.4. The van der Waals surface area contributed by atoms with Crippen LogP contribution in [0.15, 0.2) is 41.3 Å². The van der Waals surface area contributed by atoms with Crippen LogP contribution in [0.25, 0.3) is 0 Å². The fraction of sp³-hybridized carbons (Fsp3) is 0.409. The molecule has 2 saturated heterocycles. The van der Waals surface area contributed by atoms with Crippen LogP contribution in [0.3, 0.4) is 0 Å². The molecule has 0 saturated carbocycles. The monoisotopic (exact) mass is 465 g/mol. The van der Waals surface area contributed by atoms with Gasteiger partial charge in [0, 0.05) is 26.2 Å². The second kappa shape index (κ2) is 9.51. The zero-order valence-corrected chi connectivity index (χ0v) is 18.3. The summed E-state index contributed by atoms with van der Waals surface area (Å²) >= 11 is 0. The number of hydrogen-bond donors (Lipinski definition) is 1. The Morgan fingerprint density at radius 3 is 2.25 bits per heavy atom. The summed E-state index contributed by atoms with van der Waals surface area (Å²) in [6.07, 6.45) is 2.57. The van der Waals surface area contributed by atoms with Crippen molar-refractivity contribution >= 4 is 27.3 Å². The first-order valence-electron chi connectivity index (χ1n) is 10.6. The molecule has 0 atom stereocenters. The number of nitrogens with one attached hydrogen (secondary N) is 1. The molecule has 172 valence electrons. The molecule has 7 nitrogen and oxygen atoms in total. The van der Waals surface area contributed by atoms with Crippen molar-refractivity contribution < 1.29 is 26.7 Å². The number of ether oxygens (including phenoxy) is 1. The number of morpholine rings is 1. The highest BCUT2D eigenvalue weighted by molar-refractivity contribution is 7.89. The summed E-state index contributed by atoms with van der Waals surface area (Å²) in [6.45, 7) is 2.90. The van der Waals surface area contributed by atoms with E-state index in [0.29, 0.717) is 45.1 Å². The maximum Gasteiger partial charge on any atom is 0.261 e. The van der Waals surface area contributed by atoms with Gasteiger partial charge in [-0.25, -0.2) is 17.2 Å². The van der Waals surface area contributed by atoms with E-state index in [2.05, 4.69) is 5.32 Å². The van der Waals surface area contributed by atoms with Gasteiger partial charge in [-0.15, -0.1) is 0 Å². The highest BCUT2D eigenvalue weighted by atomic mass is 32.2. The molecule has 2 aliphatic rings. The summed E-state index contributed by atoms with van der Waals surface area (Å²) in [5, 5.41) is 2.54. The zero-order valence-electron chi connectivity index (χ0n) is 17.5. The van der Waals surface area contributed by atoms with Gasteiger partial charge in [-0.05, 0) is 43.2 Å². The van der Waals surface area contributed by atoms with Gasteiger partial charge in [0.2, 0.25) is 10.0 Å². The maximum atomic E-state index is 14.1. The molecule has 4 rings (SSSR count). The van der Waals surface area contributed by atoms with Gasteiger partial charge < -0.3 is 15.0 Å². The molecule has 10 heteroatoms. The Bertz CT molecular complexity index is 1080. The predicted molar refractivity (Wildman–Crippen MR) is 116 cm³/mol. The lowest BCUT2D eigenvalue weighted by molar-refractivity contribution is 0.101. The first kappa shape index (κ1) is 22.6. The van der Waals surface area contributed by atoms with Crippen molar-refractivity contribution in [2.45, 2.75) is 24.2 Å². The zero-order chi connectivity index (χ0) is 22.7. The van der Waals surface area contributed by atoms with Crippen molar-refractivity contribution in [1.29, 1.82) is 0 Å². The molecular weight excluding hydrogens is 440 g/mol. The molecular formula is C22H25F2N3O4S. The summed E-state index contributed by atoms with van der Waals surface area (Å²) in [7, 11) is -3.76. The third-order valence-corrected chi connectivity index (χ3v) is 7.61. The van der Waals surface area contributed by atoms with E-state index in [1.165, 1.54) is 22.5 Å². The van der Waals surface area contributed by atoms with Crippen LogP contribution in [-0.2, 0) is 14.8 Å². The van der Waals surface area contributed by atoms with Crippen LogP contribution in [0.4, 0.5) is 20.2 Å². The maximum absolute atomic E-state index is 14.1. The van der Waals surface area contributed by atoms with E-state index in [4.69, 9.17) is 4.74 Å². The van der Waals surface area contributed by atoms with E-state index in [1.54, 1.807) is 6.07 Å². The summed E-state index contributed by atoms with van der Waals surface area (Å²) in [5.41, 5.74) is 0.0262. The van der Waals surface area contributed by atoms with Crippen LogP contribution in [0.5, 0.6) is 0 Å². The van der Waals surface area contributed by atoms with Gasteiger partial charge in [-0.2, -0.15) is 4.31 Å². The number of sulfonamides is 1. The molecule has 2 aromatic rings. The highest BCUT2D eigenvalue weighted by Crippen LogP contribution is 2.32. The van der Waals surface area contributed by atoms with Crippen LogP contribution in [-0.4, -0.2) is 58.0 Å². The molecule has 2 aliphatic heterocycles. The number of halogens is 2. The smallest absolute Gasteiger partial charge is 0.261 e. The number of anilines is 2. The highest BCUT2D eigenvalue weighted by Gasteiger charge is 2.28. The lowest BCUT2D eigenvalue weighted by Gasteiger charge is -2.31. The van der Waals surface area contributed by atoms with E-state index in [9.17, 15) is 22.0 Å². The Labute approximate surface area is 186 Å². The van der Waals surface area contributed by atoms with Gasteiger partial charge in [0.15, 0.2) is 0 Å². The van der Waals surface area contributed by atoms with Crippen molar-refractivity contribution in [3.63, 3.8) is 0 Å². The second-order valence-corrected chi connectivity index (χ2v) is 9.73. The molecule has 32 heavy (non-hydrogen) atoms. The van der Waals surface area contributed by atoms with Gasteiger partial charge in [0.1, 0.15) is 17.2 Å². The standard InChI is InChI=1S/C22H25F2N3O4S/c23-17-5-4-6-18(24)21(17)22(28)25-19-15-16(32(29,30)27-9-2-1-3-10-27)7-8-20(19)26-11-13-31-14-12-26/h4-8,15H,1-3,9-14H2,(H,25,28). The van der Waals surface area contributed by atoms with Crippen LogP contribution in [0.1, 0.15) is 29.6 Å². The van der Waals surface area contributed by atoms with E-state index in [1.807, 2.05) is 4.90 Å². The normalized spacial score (nSPS) is 17.9. The van der Waals surface area contributed by atoms with Crippen LogP contribution in [0.2, 0.25) is 0 Å². The second-order valence-electron chi connectivity index (χ2n) is 7.79. The van der Waals surface area contributed by atoms with Gasteiger partial charge in [0.05, 0.1) is 29.5 Å². The number of carbonyl (C=O) groups is 1. The molecule has 2 aromatic carbocycles. The number of nitrogens with zero attached hydrogens (tertiary/aromatic N) is 2. The topological polar surface area (TPSA) is 79.0 Å². The largest absolute Gasteiger partial charge is 0.378 e. The minimum atomic E-state index is -3.76. The molecule has 2 fully saturated rings. The number of hydrogen-bond acceptors (Lipinski definition) is 5. The summed E-state index contributed by atoms with van der Waals surface area (Å²) in [4.78, 5) is 14.7. The van der Waals surface area contributed by atoms with Gasteiger partial charge in [-0.1, -0.05) is 12.5 Å². The van der Waals surface area contributed by atoms with Crippen LogP contribution >= 0.6 is 0 Å². The number of amides is 1. The Balaban J connectivity index is 1.71. The van der Waals surface area contributed by atoms with Gasteiger partial charge in [-0.3, -0.25) is 4.79 Å². The van der Waals surface area contributed by atoms with E-state index in [0.717, 1.165) is 31.4 Å². The molecule has 2 heterocycles. The average Bonchev–Trinajstić information content (AvgIpc) is 2.80. The molecule has 1 amide bonds. The Hall–Kier alpha value is -2.56. The lowest BCUT2D eigenvalue weighted by Crippen LogP contribution is -2.37. The summed E-state index contributed by atoms with van der Waals surface area (Å²) in [5.74, 6) is -2.97. The molecule has 0 bridgehead atoms. The fourth-order valence-electron chi connectivity index (χ4n) is 4.01. The number of piperidine rings is 1. The molecule has 0 radical (unpaired) electrons. The van der Waals surface area contributed by atoms with E-state index < -0.39 is 33.1 Å². The molecule has 1 N–H and O–H groups in total. The minimum absolute atomic E-state index is 0.0284. The first-order valence-corrected chi connectivity index (χ1v) is 12.0. The van der Waals surface area contributed by atoms with Gasteiger partial charge >= 0.3 is 0 Å². The van der Waals surface area contributed by atoms with E-state index in [-0.39, 0.29) is 10.6 Å². The SMILES string of the molecule is O=C(Nc1cc(S(=O)(=O)N2CCCCC2)ccc1N1CCOCC1)c1c(F)cccc1F. The molecule has 0 unspecified atom stereocenters. The third-order valence-electron chi connectivity index (χ3n) is 5.71. The van der Waals surface area contributed by atoms with Crippen LogP contribution < -0.4 is 10.2 Å². The van der Waals surface area contributed by atoms with Crippen molar-refractivity contribution in [2.75, 3.05) is 49.6 Å². The Morgan fingerprint density at radius 2 is 1.59 bits per heavy atom. The van der Waals surface area contributed by atoms with Crippen molar-refractivity contribution in [1.82, 2.24) is 4.31 Å². The number of carbonyl (C=O) groups excluding carboxylic acids is 1. The Morgan fingerprint density at radius 1 is 0.938 bits per heavy atom. The quantitative estimate of drug-likeness (QED) is 0.734. The number of benzene rings is 2. The molecule has 0 spiro atoms. The average molecular weight is 466 g/mol. The van der Waals surface area contributed by atoms with Gasteiger partial charge in [0.25, 0.3) is 5.91 Å². The van der Waals surface area contributed by atoms with E-state index >= 15 is 0 Å². The Kier molecular flexibility index (Phi) is 6.73. The lowest BCUT2D eigenvalue weighted by atomic mass is 10.1. The third kappa shape index (κ3) is 4.62. The summed E-state index contributed by atoms with van der Waals surface area (Å²) in [6, 6.07) is 7.66. The molecule has 0 aromatic heterocycles.